The molecule has 0 amide bonds. The molecule has 0 spiro atoms. The van der Waals surface area contributed by atoms with Crippen LogP contribution in [0, 0.1) is 13.8 Å². The third kappa shape index (κ3) is 2.89. The minimum atomic E-state index is -0.453. The molecule has 0 saturated carbocycles. The molecule has 2 nitrogen and oxygen atoms in total. The standard InChI is InChI=1S/C11H15ClO2/c1-7-4-10(14-6-9(3)13)5-8(2)11(7)12/h4-5,9,13H,6H2,1-3H3/t9-/m1/s1. The van der Waals surface area contributed by atoms with Crippen LogP contribution in [0.15, 0.2) is 12.1 Å². The van der Waals surface area contributed by atoms with E-state index < -0.39 is 6.10 Å². The second-order valence-electron chi connectivity index (χ2n) is 3.53. The maximum atomic E-state index is 9.06. The van der Waals surface area contributed by atoms with E-state index in [1.54, 1.807) is 6.92 Å². The van der Waals surface area contributed by atoms with E-state index in [-0.39, 0.29) is 0 Å². The normalized spacial score (nSPS) is 12.6. The predicted octanol–water partition coefficient (Wildman–Crippen LogP) is 2.72. The first-order valence-electron chi connectivity index (χ1n) is 4.58. The van der Waals surface area contributed by atoms with Gasteiger partial charge in [-0.3, -0.25) is 0 Å². The Morgan fingerprint density at radius 1 is 1.36 bits per heavy atom. The van der Waals surface area contributed by atoms with Crippen LogP contribution in [-0.2, 0) is 0 Å². The summed E-state index contributed by atoms with van der Waals surface area (Å²) in [6.07, 6.45) is -0.453. The number of aryl methyl sites for hydroxylation is 2. The number of aliphatic hydroxyl groups excluding tert-OH is 1. The third-order valence-electron chi connectivity index (χ3n) is 1.90. The van der Waals surface area contributed by atoms with Crippen molar-refractivity contribution in [3.05, 3.63) is 28.3 Å². The fourth-order valence-electron chi connectivity index (χ4n) is 1.21. The van der Waals surface area contributed by atoms with Crippen molar-refractivity contribution in [1.29, 1.82) is 0 Å². The second-order valence-corrected chi connectivity index (χ2v) is 3.91. The zero-order valence-electron chi connectivity index (χ0n) is 8.67. The van der Waals surface area contributed by atoms with Crippen molar-refractivity contribution < 1.29 is 9.84 Å². The van der Waals surface area contributed by atoms with Crippen molar-refractivity contribution in [3.63, 3.8) is 0 Å². The van der Waals surface area contributed by atoms with E-state index in [2.05, 4.69) is 0 Å². The fraction of sp³-hybridized carbons (Fsp3) is 0.455. The Hall–Kier alpha value is -0.730. The third-order valence-corrected chi connectivity index (χ3v) is 2.50. The van der Waals surface area contributed by atoms with Gasteiger partial charge in [0.1, 0.15) is 12.4 Å². The summed E-state index contributed by atoms with van der Waals surface area (Å²) in [6.45, 7) is 5.87. The monoisotopic (exact) mass is 214 g/mol. The van der Waals surface area contributed by atoms with Gasteiger partial charge in [-0.1, -0.05) is 11.6 Å². The second kappa shape index (κ2) is 4.67. The van der Waals surface area contributed by atoms with Gasteiger partial charge in [0.05, 0.1) is 6.10 Å². The van der Waals surface area contributed by atoms with Crippen molar-refractivity contribution in [3.8, 4) is 5.75 Å². The molecular weight excluding hydrogens is 200 g/mol. The molecule has 1 N–H and O–H groups in total. The van der Waals surface area contributed by atoms with Crippen LogP contribution in [0.25, 0.3) is 0 Å². The Bertz CT molecular complexity index is 298. The number of rotatable bonds is 3. The van der Waals surface area contributed by atoms with Gasteiger partial charge in [-0.05, 0) is 44.0 Å². The van der Waals surface area contributed by atoms with Crippen molar-refractivity contribution in [1.82, 2.24) is 0 Å². The van der Waals surface area contributed by atoms with Crippen LogP contribution >= 0.6 is 11.6 Å². The van der Waals surface area contributed by atoms with E-state index in [4.69, 9.17) is 21.4 Å². The molecule has 0 heterocycles. The summed E-state index contributed by atoms with van der Waals surface area (Å²) < 4.78 is 5.38. The quantitative estimate of drug-likeness (QED) is 0.839. The smallest absolute Gasteiger partial charge is 0.120 e. The molecule has 0 unspecified atom stereocenters. The Morgan fingerprint density at radius 3 is 2.29 bits per heavy atom. The summed E-state index contributed by atoms with van der Waals surface area (Å²) in [5, 5.41) is 9.83. The van der Waals surface area contributed by atoms with E-state index in [9.17, 15) is 0 Å². The number of hydrogen-bond donors (Lipinski definition) is 1. The predicted molar refractivity (Wildman–Crippen MR) is 58.1 cm³/mol. The van der Waals surface area contributed by atoms with Gasteiger partial charge in [0.25, 0.3) is 0 Å². The number of aliphatic hydroxyl groups is 1. The highest BCUT2D eigenvalue weighted by Crippen LogP contribution is 2.25. The molecule has 1 rings (SSSR count). The van der Waals surface area contributed by atoms with E-state index in [0.29, 0.717) is 6.61 Å². The summed E-state index contributed by atoms with van der Waals surface area (Å²) in [5.41, 5.74) is 1.99. The lowest BCUT2D eigenvalue weighted by atomic mass is 10.1. The van der Waals surface area contributed by atoms with Gasteiger partial charge in [0.2, 0.25) is 0 Å². The van der Waals surface area contributed by atoms with Gasteiger partial charge >= 0.3 is 0 Å². The maximum Gasteiger partial charge on any atom is 0.120 e. The molecule has 3 heteroatoms. The van der Waals surface area contributed by atoms with Crippen LogP contribution in [0.3, 0.4) is 0 Å². The molecule has 0 aliphatic heterocycles. The van der Waals surface area contributed by atoms with Crippen LogP contribution in [0.5, 0.6) is 5.75 Å². The van der Waals surface area contributed by atoms with E-state index >= 15 is 0 Å². The Balaban J connectivity index is 2.79. The molecule has 0 bridgehead atoms. The maximum absolute atomic E-state index is 9.06. The minimum Gasteiger partial charge on any atom is -0.491 e. The largest absolute Gasteiger partial charge is 0.491 e. The zero-order chi connectivity index (χ0) is 10.7. The van der Waals surface area contributed by atoms with Crippen LogP contribution < -0.4 is 4.74 Å². The Kier molecular flexibility index (Phi) is 3.78. The molecule has 1 atom stereocenters. The first kappa shape index (κ1) is 11.3. The molecule has 0 radical (unpaired) electrons. The Morgan fingerprint density at radius 2 is 1.86 bits per heavy atom. The first-order chi connectivity index (χ1) is 6.50. The molecule has 0 saturated heterocycles. The zero-order valence-corrected chi connectivity index (χ0v) is 9.43. The molecule has 1 aromatic carbocycles. The van der Waals surface area contributed by atoms with Gasteiger partial charge in [-0.25, -0.2) is 0 Å². The van der Waals surface area contributed by atoms with Gasteiger partial charge in [-0.2, -0.15) is 0 Å². The molecule has 0 aromatic heterocycles. The highest BCUT2D eigenvalue weighted by atomic mass is 35.5. The lowest BCUT2D eigenvalue weighted by Crippen LogP contribution is -2.12. The number of ether oxygens (including phenoxy) is 1. The lowest BCUT2D eigenvalue weighted by molar-refractivity contribution is 0.122. The van der Waals surface area contributed by atoms with Crippen molar-refractivity contribution in [2.75, 3.05) is 6.61 Å². The molecular formula is C11H15ClO2. The van der Waals surface area contributed by atoms with E-state index in [1.807, 2.05) is 26.0 Å². The fourth-order valence-corrected chi connectivity index (χ4v) is 1.32. The van der Waals surface area contributed by atoms with Crippen molar-refractivity contribution >= 4 is 11.6 Å². The van der Waals surface area contributed by atoms with Gasteiger partial charge in [0.15, 0.2) is 0 Å². The average molecular weight is 215 g/mol. The molecule has 0 aliphatic rings. The highest BCUT2D eigenvalue weighted by Gasteiger charge is 2.04. The van der Waals surface area contributed by atoms with Gasteiger partial charge in [-0.15, -0.1) is 0 Å². The van der Waals surface area contributed by atoms with E-state index in [1.165, 1.54) is 0 Å². The van der Waals surface area contributed by atoms with Crippen LogP contribution in [0.1, 0.15) is 18.1 Å². The number of hydrogen-bond acceptors (Lipinski definition) is 2. The molecule has 14 heavy (non-hydrogen) atoms. The molecule has 0 fully saturated rings. The van der Waals surface area contributed by atoms with Crippen molar-refractivity contribution in [2.45, 2.75) is 26.9 Å². The van der Waals surface area contributed by atoms with Crippen LogP contribution in [0.2, 0.25) is 5.02 Å². The first-order valence-corrected chi connectivity index (χ1v) is 4.96. The summed E-state index contributed by atoms with van der Waals surface area (Å²) in [6, 6.07) is 3.75. The molecule has 0 aliphatic carbocycles. The van der Waals surface area contributed by atoms with Crippen molar-refractivity contribution in [2.24, 2.45) is 0 Å². The topological polar surface area (TPSA) is 29.5 Å². The van der Waals surface area contributed by atoms with E-state index in [0.717, 1.165) is 21.9 Å². The summed E-state index contributed by atoms with van der Waals surface area (Å²) in [7, 11) is 0. The number of halogens is 1. The SMILES string of the molecule is Cc1cc(OC[C@@H](C)O)cc(C)c1Cl. The van der Waals surface area contributed by atoms with Crippen LogP contribution in [0.4, 0.5) is 0 Å². The average Bonchev–Trinajstić information content (AvgIpc) is 2.10. The van der Waals surface area contributed by atoms with Gasteiger partial charge in [0, 0.05) is 5.02 Å². The molecule has 78 valence electrons. The number of benzene rings is 1. The Labute approximate surface area is 89.5 Å². The minimum absolute atomic E-state index is 0.306. The summed E-state index contributed by atoms with van der Waals surface area (Å²) >= 11 is 6.01. The molecule has 1 aromatic rings. The summed E-state index contributed by atoms with van der Waals surface area (Å²) in [5.74, 6) is 0.755. The summed E-state index contributed by atoms with van der Waals surface area (Å²) in [4.78, 5) is 0. The van der Waals surface area contributed by atoms with Gasteiger partial charge < -0.3 is 9.84 Å². The highest BCUT2D eigenvalue weighted by molar-refractivity contribution is 6.32. The lowest BCUT2D eigenvalue weighted by Gasteiger charge is -2.11. The van der Waals surface area contributed by atoms with Crippen LogP contribution in [-0.4, -0.2) is 17.8 Å².